The Hall–Kier alpha value is -2.65. The highest BCUT2D eigenvalue weighted by Crippen LogP contribution is 2.21. The molecule has 4 unspecified atom stereocenters. The third-order valence-electron chi connectivity index (χ3n) is 6.64. The topological polar surface area (TPSA) is 120 Å². The van der Waals surface area contributed by atoms with Crippen LogP contribution in [0.1, 0.15) is 59.4 Å². The fourth-order valence-electron chi connectivity index (χ4n) is 4.76. The lowest BCUT2D eigenvalue weighted by molar-refractivity contribution is -0.132. The maximum atomic E-state index is 13.2. The molecule has 1 saturated heterocycles. The molecular weight excluding hydrogens is 460 g/mol. The smallest absolute Gasteiger partial charge is 0.258 e. The molecule has 36 heavy (non-hydrogen) atoms. The molecule has 1 fully saturated rings. The summed E-state index contributed by atoms with van der Waals surface area (Å²) >= 11 is 0. The fraction of sp³-hybridized carbons (Fsp3) is 0.667. The quantitative estimate of drug-likeness (QED) is 0.452. The van der Waals surface area contributed by atoms with Gasteiger partial charge in [0.05, 0.1) is 18.2 Å². The van der Waals surface area contributed by atoms with Crippen molar-refractivity contribution < 1.29 is 24.2 Å². The molecule has 1 aromatic carbocycles. The van der Waals surface area contributed by atoms with E-state index in [9.17, 15) is 19.5 Å². The molecule has 3 heterocycles. The number of fused-ring (bicyclic) bond motifs is 10. The Balaban J connectivity index is 1.81. The van der Waals surface area contributed by atoms with Gasteiger partial charge in [0.1, 0.15) is 11.8 Å². The molecule has 0 saturated carbocycles. The number of aliphatic hydroxyl groups is 1. The largest absolute Gasteiger partial charge is 0.484 e. The molecule has 0 spiro atoms. The molecule has 200 valence electrons. The minimum Gasteiger partial charge on any atom is -0.484 e. The number of carbonyl (C=O) groups is 3. The van der Waals surface area contributed by atoms with E-state index in [1.165, 1.54) is 0 Å². The van der Waals surface area contributed by atoms with Gasteiger partial charge in [-0.15, -0.1) is 0 Å². The van der Waals surface area contributed by atoms with E-state index in [1.807, 2.05) is 51.7 Å². The molecule has 1 aromatic rings. The van der Waals surface area contributed by atoms with Crippen LogP contribution in [0.5, 0.6) is 5.75 Å². The number of ether oxygens (including phenoxy) is 1. The maximum Gasteiger partial charge on any atom is 0.258 e. The van der Waals surface area contributed by atoms with Crippen molar-refractivity contribution in [3.8, 4) is 5.75 Å². The monoisotopic (exact) mass is 502 g/mol. The first-order valence-corrected chi connectivity index (χ1v) is 13.0. The number of likely N-dealkylation sites (tertiary alicyclic amines) is 1. The Morgan fingerprint density at radius 1 is 1.17 bits per heavy atom. The third-order valence-corrected chi connectivity index (χ3v) is 6.64. The van der Waals surface area contributed by atoms with Crippen LogP contribution in [0.2, 0.25) is 0 Å². The van der Waals surface area contributed by atoms with E-state index in [4.69, 9.17) is 4.74 Å². The summed E-state index contributed by atoms with van der Waals surface area (Å²) in [5.74, 6) is -0.362. The Labute approximate surface area is 214 Å². The summed E-state index contributed by atoms with van der Waals surface area (Å²) in [6.45, 7) is 10.4. The summed E-state index contributed by atoms with van der Waals surface area (Å²) < 4.78 is 5.55. The average Bonchev–Trinajstić information content (AvgIpc) is 2.81. The number of amides is 3. The SMILES string of the molecule is CC(C)C1NC(=O)COc2ccc(cc2)CC(C(O)CN2CCCCC2C(=O)NC(C)(C)C)NC1=O. The molecule has 2 bridgehead atoms. The van der Waals surface area contributed by atoms with Gasteiger partial charge in [0.2, 0.25) is 11.8 Å². The van der Waals surface area contributed by atoms with Crippen molar-refractivity contribution in [1.29, 1.82) is 0 Å². The Bertz CT molecular complexity index is 912. The van der Waals surface area contributed by atoms with Crippen LogP contribution in [0.15, 0.2) is 24.3 Å². The predicted octanol–water partition coefficient (Wildman–Crippen LogP) is 1.38. The second kappa shape index (κ2) is 12.1. The van der Waals surface area contributed by atoms with Crippen molar-refractivity contribution in [2.45, 2.75) is 90.1 Å². The van der Waals surface area contributed by atoms with Gasteiger partial charge >= 0.3 is 0 Å². The predicted molar refractivity (Wildman–Crippen MR) is 137 cm³/mol. The van der Waals surface area contributed by atoms with E-state index in [0.29, 0.717) is 18.7 Å². The molecule has 9 nitrogen and oxygen atoms in total. The number of benzene rings is 1. The summed E-state index contributed by atoms with van der Waals surface area (Å²) in [4.78, 5) is 40.7. The van der Waals surface area contributed by atoms with Gasteiger partial charge in [0, 0.05) is 12.1 Å². The highest BCUT2D eigenvalue weighted by atomic mass is 16.5. The minimum atomic E-state index is -0.915. The second-order valence-electron chi connectivity index (χ2n) is 11.4. The molecule has 3 amide bonds. The first-order valence-electron chi connectivity index (χ1n) is 13.0. The molecule has 4 atom stereocenters. The van der Waals surface area contributed by atoms with E-state index in [2.05, 4.69) is 16.0 Å². The highest BCUT2D eigenvalue weighted by molar-refractivity contribution is 5.88. The van der Waals surface area contributed by atoms with Gasteiger partial charge in [0.25, 0.3) is 5.91 Å². The number of hydrogen-bond acceptors (Lipinski definition) is 6. The van der Waals surface area contributed by atoms with Gasteiger partial charge in [0.15, 0.2) is 6.61 Å². The van der Waals surface area contributed by atoms with Crippen LogP contribution >= 0.6 is 0 Å². The summed E-state index contributed by atoms with van der Waals surface area (Å²) in [6, 6.07) is 5.63. The number of rotatable bonds is 5. The summed E-state index contributed by atoms with van der Waals surface area (Å²) in [6.07, 6.45) is 2.12. The molecule has 4 rings (SSSR count). The number of hydrogen-bond donors (Lipinski definition) is 4. The van der Waals surface area contributed by atoms with E-state index < -0.39 is 18.2 Å². The van der Waals surface area contributed by atoms with Crippen molar-refractivity contribution in [1.82, 2.24) is 20.9 Å². The van der Waals surface area contributed by atoms with E-state index in [-0.39, 0.29) is 48.4 Å². The zero-order valence-electron chi connectivity index (χ0n) is 22.2. The number of β-amino-alcohol motifs (C(OH)–C–C–N with tert-alkyl or cyclic N) is 1. The number of nitrogens with one attached hydrogen (secondary N) is 3. The molecule has 9 heteroatoms. The van der Waals surface area contributed by atoms with Crippen LogP contribution in [-0.2, 0) is 20.8 Å². The summed E-state index contributed by atoms with van der Waals surface area (Å²) in [5, 5.41) is 20.2. The Morgan fingerprint density at radius 2 is 1.86 bits per heavy atom. The van der Waals surface area contributed by atoms with Crippen LogP contribution < -0.4 is 20.7 Å². The zero-order valence-corrected chi connectivity index (χ0v) is 22.2. The summed E-state index contributed by atoms with van der Waals surface area (Å²) in [7, 11) is 0. The zero-order chi connectivity index (χ0) is 26.5. The Kier molecular flexibility index (Phi) is 9.35. The van der Waals surface area contributed by atoms with Gasteiger partial charge in [-0.25, -0.2) is 0 Å². The van der Waals surface area contributed by atoms with E-state index >= 15 is 0 Å². The van der Waals surface area contributed by atoms with Gasteiger partial charge in [-0.3, -0.25) is 19.3 Å². The van der Waals surface area contributed by atoms with Crippen LogP contribution in [0.4, 0.5) is 0 Å². The standard InChI is InChI=1S/C27H42N4O5/c1-17(2)24-26(35)28-20(14-18-9-11-19(12-10-18)36-16-23(33)29-24)22(32)15-31-13-7-6-8-21(31)25(34)30-27(3,4)5/h9-12,17,20-22,24,32H,6-8,13-16H2,1-5H3,(H,28,35)(H,29,33)(H,30,34). The van der Waals surface area contributed by atoms with E-state index in [1.54, 1.807) is 12.1 Å². The average molecular weight is 503 g/mol. The molecule has 0 radical (unpaired) electrons. The normalized spacial score (nSPS) is 25.0. The summed E-state index contributed by atoms with van der Waals surface area (Å²) in [5.41, 5.74) is 0.581. The van der Waals surface area contributed by atoms with Crippen LogP contribution in [-0.4, -0.2) is 77.2 Å². The highest BCUT2D eigenvalue weighted by Gasteiger charge is 2.35. The van der Waals surface area contributed by atoms with Crippen LogP contribution in [0.25, 0.3) is 0 Å². The molecule has 0 aromatic heterocycles. The van der Waals surface area contributed by atoms with E-state index in [0.717, 1.165) is 24.8 Å². The van der Waals surface area contributed by atoms with Crippen molar-refractivity contribution in [3.63, 3.8) is 0 Å². The van der Waals surface area contributed by atoms with Crippen molar-refractivity contribution >= 4 is 17.7 Å². The fourth-order valence-corrected chi connectivity index (χ4v) is 4.76. The molecular formula is C27H42N4O5. The number of aliphatic hydroxyl groups excluding tert-OH is 1. The molecule has 3 aliphatic rings. The minimum absolute atomic E-state index is 0.0356. The van der Waals surface area contributed by atoms with Crippen LogP contribution in [0.3, 0.4) is 0 Å². The first-order chi connectivity index (χ1) is 16.9. The lowest BCUT2D eigenvalue weighted by atomic mass is 9.95. The van der Waals surface area contributed by atoms with Crippen molar-refractivity contribution in [2.75, 3.05) is 19.7 Å². The number of piperidine rings is 1. The van der Waals surface area contributed by atoms with Gasteiger partial charge in [-0.1, -0.05) is 32.4 Å². The first kappa shape index (κ1) is 27.9. The van der Waals surface area contributed by atoms with Crippen molar-refractivity contribution in [2.24, 2.45) is 5.92 Å². The Morgan fingerprint density at radius 3 is 2.50 bits per heavy atom. The maximum absolute atomic E-state index is 13.2. The van der Waals surface area contributed by atoms with Crippen molar-refractivity contribution in [3.05, 3.63) is 29.8 Å². The molecule has 0 aliphatic carbocycles. The van der Waals surface area contributed by atoms with Gasteiger partial charge in [-0.2, -0.15) is 0 Å². The second-order valence-corrected chi connectivity index (χ2v) is 11.4. The molecule has 3 aliphatic heterocycles. The van der Waals surface area contributed by atoms with Crippen LogP contribution in [0, 0.1) is 5.92 Å². The van der Waals surface area contributed by atoms with Gasteiger partial charge < -0.3 is 25.8 Å². The van der Waals surface area contributed by atoms with Gasteiger partial charge in [-0.05, 0) is 70.2 Å². The third kappa shape index (κ3) is 7.93. The number of nitrogens with zero attached hydrogens (tertiary/aromatic N) is 1. The lowest BCUT2D eigenvalue weighted by Gasteiger charge is -2.39. The molecule has 4 N–H and O–H groups in total. The lowest BCUT2D eigenvalue weighted by Crippen LogP contribution is -2.59. The number of carbonyl (C=O) groups excluding carboxylic acids is 3.